The van der Waals surface area contributed by atoms with Crippen molar-refractivity contribution in [2.75, 3.05) is 16.9 Å². The third-order valence-corrected chi connectivity index (χ3v) is 10.3. The van der Waals surface area contributed by atoms with Crippen molar-refractivity contribution >= 4 is 41.0 Å². The van der Waals surface area contributed by atoms with Crippen molar-refractivity contribution in [1.29, 1.82) is 0 Å². The molecule has 0 bridgehead atoms. The molecule has 0 radical (unpaired) electrons. The normalized spacial score (nSPS) is 28.5. The summed E-state index contributed by atoms with van der Waals surface area (Å²) in [6, 6.07) is 16.9. The van der Waals surface area contributed by atoms with Crippen LogP contribution in [0, 0.1) is 29.1 Å². The number of hydrogen-bond acceptors (Lipinski definition) is 8. The first-order valence-corrected chi connectivity index (χ1v) is 14.9. The Morgan fingerprint density at radius 2 is 1.59 bits per heavy atom. The van der Waals surface area contributed by atoms with Crippen molar-refractivity contribution in [2.24, 2.45) is 29.1 Å². The third kappa shape index (κ3) is 3.93. The van der Waals surface area contributed by atoms with Gasteiger partial charge in [-0.3, -0.25) is 19.2 Å². The highest BCUT2D eigenvalue weighted by Crippen LogP contribution is 2.64. The lowest BCUT2D eigenvalue weighted by atomic mass is 9.51. The molecule has 6 unspecified atom stereocenters. The van der Waals surface area contributed by atoms with Crippen LogP contribution in [0.15, 0.2) is 78.4 Å². The van der Waals surface area contributed by atoms with Gasteiger partial charge in [-0.2, -0.15) is 0 Å². The molecule has 3 aromatic carbocycles. The standard InChI is InChI=1S/C35H30N2O9/c1-35-25(31(41)37(34(35)45)17-6-4-3-5-7-17)16-24-20(29(35)21-11-9-19(46-2)15-27(21)39)12-13-23-28(24)32(42)36(30(23)40)18-8-10-22(33(43)44)26(38)14-18/h3-12,14-15,23-25,28-29,38-39H,13,16H2,1-2H3,(H,43,44). The second kappa shape index (κ2) is 10.3. The summed E-state index contributed by atoms with van der Waals surface area (Å²) in [6.45, 7) is 1.74. The molecule has 0 aromatic heterocycles. The van der Waals surface area contributed by atoms with Gasteiger partial charge in [0.25, 0.3) is 0 Å². The van der Waals surface area contributed by atoms with E-state index < -0.39 is 70.4 Å². The molecule has 2 aliphatic heterocycles. The SMILES string of the molecule is COc1ccc(C2C3=CCC4C(=O)N(c5ccc(C(=O)O)c(O)c5)C(=O)C4C3CC3C(=O)N(c4ccccc4)C(=O)C32C)c(O)c1. The predicted molar refractivity (Wildman–Crippen MR) is 163 cm³/mol. The van der Waals surface area contributed by atoms with Gasteiger partial charge in [-0.15, -0.1) is 0 Å². The van der Waals surface area contributed by atoms with Gasteiger partial charge >= 0.3 is 5.97 Å². The molecule has 3 aromatic rings. The number of anilines is 2. The molecule has 1 saturated carbocycles. The number of carboxylic acid groups (broad SMARTS) is 1. The van der Waals surface area contributed by atoms with Crippen LogP contribution >= 0.6 is 0 Å². The smallest absolute Gasteiger partial charge is 0.339 e. The Balaban J connectivity index is 1.35. The van der Waals surface area contributed by atoms with Gasteiger partial charge in [-0.05, 0) is 56.0 Å². The van der Waals surface area contributed by atoms with Crippen molar-refractivity contribution in [1.82, 2.24) is 0 Å². The molecule has 46 heavy (non-hydrogen) atoms. The van der Waals surface area contributed by atoms with Gasteiger partial charge < -0.3 is 20.1 Å². The maximum Gasteiger partial charge on any atom is 0.339 e. The van der Waals surface area contributed by atoms with Crippen LogP contribution in [0.3, 0.4) is 0 Å². The molecule has 234 valence electrons. The Bertz CT molecular complexity index is 1890. The maximum absolute atomic E-state index is 14.4. The summed E-state index contributed by atoms with van der Waals surface area (Å²) in [5.41, 5.74) is -0.127. The number of fused-ring (bicyclic) bond motifs is 4. The lowest BCUT2D eigenvalue weighted by Crippen LogP contribution is -2.48. The number of para-hydroxylation sites is 1. The average molecular weight is 623 g/mol. The minimum absolute atomic E-state index is 0.0424. The summed E-state index contributed by atoms with van der Waals surface area (Å²) in [6.07, 6.45) is 2.17. The summed E-state index contributed by atoms with van der Waals surface area (Å²) >= 11 is 0. The molecule has 2 aliphatic carbocycles. The van der Waals surface area contributed by atoms with Crippen LogP contribution in [0.5, 0.6) is 17.2 Å². The lowest BCUT2D eigenvalue weighted by molar-refractivity contribution is -0.131. The highest BCUT2D eigenvalue weighted by atomic mass is 16.5. The van der Waals surface area contributed by atoms with Crippen LogP contribution in [-0.2, 0) is 19.2 Å². The van der Waals surface area contributed by atoms with E-state index in [2.05, 4.69) is 0 Å². The van der Waals surface area contributed by atoms with Gasteiger partial charge in [-0.1, -0.05) is 35.9 Å². The molecular weight excluding hydrogens is 592 g/mol. The molecule has 4 amide bonds. The van der Waals surface area contributed by atoms with Gasteiger partial charge in [0.05, 0.1) is 41.7 Å². The highest BCUT2D eigenvalue weighted by Gasteiger charge is 2.68. The minimum Gasteiger partial charge on any atom is -0.508 e. The van der Waals surface area contributed by atoms with E-state index in [0.29, 0.717) is 22.6 Å². The van der Waals surface area contributed by atoms with Crippen LogP contribution < -0.4 is 14.5 Å². The summed E-state index contributed by atoms with van der Waals surface area (Å²) in [5, 5.41) is 30.9. The van der Waals surface area contributed by atoms with Gasteiger partial charge in [0.2, 0.25) is 23.6 Å². The van der Waals surface area contributed by atoms with Gasteiger partial charge in [0, 0.05) is 23.6 Å². The zero-order valence-corrected chi connectivity index (χ0v) is 24.9. The summed E-state index contributed by atoms with van der Waals surface area (Å²) in [5.74, 6) is -7.48. The number of carboxylic acids is 1. The first kappa shape index (κ1) is 29.3. The number of aromatic carboxylic acids is 1. The Morgan fingerprint density at radius 1 is 0.848 bits per heavy atom. The van der Waals surface area contributed by atoms with E-state index in [1.54, 1.807) is 49.4 Å². The fourth-order valence-electron chi connectivity index (χ4n) is 8.17. The third-order valence-electron chi connectivity index (χ3n) is 10.3. The van der Waals surface area contributed by atoms with Crippen molar-refractivity contribution in [3.8, 4) is 17.2 Å². The number of aromatic hydroxyl groups is 2. The molecule has 7 rings (SSSR count). The van der Waals surface area contributed by atoms with Crippen LogP contribution in [-0.4, -0.2) is 52.0 Å². The molecule has 2 saturated heterocycles. The lowest BCUT2D eigenvalue weighted by Gasteiger charge is -2.49. The van der Waals surface area contributed by atoms with Crippen LogP contribution in [0.2, 0.25) is 0 Å². The summed E-state index contributed by atoms with van der Waals surface area (Å²) in [4.78, 5) is 70.2. The zero-order chi connectivity index (χ0) is 32.7. The zero-order valence-electron chi connectivity index (χ0n) is 24.9. The molecular formula is C35H30N2O9. The van der Waals surface area contributed by atoms with Gasteiger partial charge in [0.15, 0.2) is 0 Å². The Kier molecular flexibility index (Phi) is 6.55. The second-order valence-electron chi connectivity index (χ2n) is 12.4. The Morgan fingerprint density at radius 3 is 2.24 bits per heavy atom. The van der Waals surface area contributed by atoms with Crippen LogP contribution in [0.4, 0.5) is 11.4 Å². The molecule has 11 heteroatoms. The highest BCUT2D eigenvalue weighted by molar-refractivity contribution is 6.25. The van der Waals surface area contributed by atoms with E-state index in [4.69, 9.17) is 4.74 Å². The molecule has 0 spiro atoms. The second-order valence-corrected chi connectivity index (χ2v) is 12.4. The summed E-state index contributed by atoms with van der Waals surface area (Å²) in [7, 11) is 1.46. The summed E-state index contributed by atoms with van der Waals surface area (Å²) < 4.78 is 5.29. The van der Waals surface area contributed by atoms with Crippen LogP contribution in [0.25, 0.3) is 0 Å². The average Bonchev–Trinajstić information content (AvgIpc) is 3.41. The molecule has 6 atom stereocenters. The van der Waals surface area contributed by atoms with Crippen molar-refractivity contribution in [2.45, 2.75) is 25.7 Å². The predicted octanol–water partition coefficient (Wildman–Crippen LogP) is 4.24. The number of rotatable bonds is 5. The van der Waals surface area contributed by atoms with E-state index in [0.717, 1.165) is 17.0 Å². The number of benzene rings is 3. The first-order valence-electron chi connectivity index (χ1n) is 14.9. The topological polar surface area (TPSA) is 162 Å². The molecule has 4 aliphatic rings. The monoisotopic (exact) mass is 622 g/mol. The molecule has 11 nitrogen and oxygen atoms in total. The fourth-order valence-corrected chi connectivity index (χ4v) is 8.17. The van der Waals surface area contributed by atoms with E-state index in [1.165, 1.54) is 24.1 Å². The van der Waals surface area contributed by atoms with Gasteiger partial charge in [-0.25, -0.2) is 14.6 Å². The largest absolute Gasteiger partial charge is 0.508 e. The van der Waals surface area contributed by atoms with E-state index in [1.807, 2.05) is 6.08 Å². The number of amides is 4. The minimum atomic E-state index is -1.36. The number of phenolic OH excluding ortho intramolecular Hbond substituents is 1. The van der Waals surface area contributed by atoms with Gasteiger partial charge in [0.1, 0.15) is 22.8 Å². The number of ether oxygens (including phenoxy) is 1. The van der Waals surface area contributed by atoms with E-state index in [9.17, 15) is 39.3 Å². The number of methoxy groups -OCH3 is 1. The molecule has 3 fully saturated rings. The number of hydrogen-bond donors (Lipinski definition) is 3. The fraction of sp³-hybridized carbons (Fsp3) is 0.286. The van der Waals surface area contributed by atoms with Crippen molar-refractivity contribution in [3.05, 3.63) is 89.5 Å². The molecule has 2 heterocycles. The number of allylic oxidation sites excluding steroid dienone is 2. The number of carbonyl (C=O) groups is 5. The first-order chi connectivity index (χ1) is 22.0. The van der Waals surface area contributed by atoms with Crippen LogP contribution in [0.1, 0.15) is 41.6 Å². The maximum atomic E-state index is 14.4. The quantitative estimate of drug-likeness (QED) is 0.279. The number of phenols is 2. The van der Waals surface area contributed by atoms with Crippen molar-refractivity contribution in [3.63, 3.8) is 0 Å². The Labute approximate surface area is 263 Å². The van der Waals surface area contributed by atoms with E-state index >= 15 is 0 Å². The number of carbonyl (C=O) groups excluding carboxylic acids is 4. The number of nitrogens with zero attached hydrogens (tertiary/aromatic N) is 2. The number of imide groups is 2. The Hall–Kier alpha value is -5.45. The van der Waals surface area contributed by atoms with Crippen molar-refractivity contribution < 1.29 is 44.0 Å². The van der Waals surface area contributed by atoms with E-state index in [-0.39, 0.29) is 29.8 Å². The molecule has 3 N–H and O–H groups in total.